The number of nitro benzene ring substituents is 1. The van der Waals surface area contributed by atoms with E-state index in [-0.39, 0.29) is 11.4 Å². The van der Waals surface area contributed by atoms with Crippen LogP contribution in [-0.4, -0.2) is 25.1 Å². The van der Waals surface area contributed by atoms with Crippen LogP contribution >= 0.6 is 0 Å². The van der Waals surface area contributed by atoms with Crippen molar-refractivity contribution in [2.45, 2.75) is 13.8 Å². The molecule has 7 nitrogen and oxygen atoms in total. The Morgan fingerprint density at radius 2 is 1.75 bits per heavy atom. The van der Waals surface area contributed by atoms with Gasteiger partial charge in [-0.1, -0.05) is 6.07 Å². The molecule has 1 amide bonds. The number of methoxy groups -OCH3 is 2. The van der Waals surface area contributed by atoms with E-state index in [4.69, 9.17) is 9.47 Å². The van der Waals surface area contributed by atoms with Crippen LogP contribution in [-0.2, 0) is 0 Å². The van der Waals surface area contributed by atoms with Crippen molar-refractivity contribution < 1.29 is 19.2 Å². The average molecular weight is 330 g/mol. The van der Waals surface area contributed by atoms with Gasteiger partial charge in [0, 0.05) is 11.6 Å². The van der Waals surface area contributed by atoms with Crippen LogP contribution in [0.5, 0.6) is 11.5 Å². The molecule has 2 rings (SSSR count). The lowest BCUT2D eigenvalue weighted by molar-refractivity contribution is -0.384. The Bertz CT molecular complexity index is 802. The minimum Gasteiger partial charge on any atom is -0.493 e. The summed E-state index contributed by atoms with van der Waals surface area (Å²) in [5.74, 6) is 0.429. The Labute approximate surface area is 139 Å². The fourth-order valence-electron chi connectivity index (χ4n) is 2.41. The second kappa shape index (κ2) is 6.99. The van der Waals surface area contributed by atoms with Gasteiger partial charge in [-0.15, -0.1) is 0 Å². The van der Waals surface area contributed by atoms with Crippen LogP contribution in [0.15, 0.2) is 30.3 Å². The number of rotatable bonds is 5. The van der Waals surface area contributed by atoms with Gasteiger partial charge in [0.1, 0.15) is 5.69 Å². The molecule has 24 heavy (non-hydrogen) atoms. The molecule has 0 saturated carbocycles. The molecule has 0 heterocycles. The Hall–Kier alpha value is -3.09. The van der Waals surface area contributed by atoms with E-state index >= 15 is 0 Å². The zero-order chi connectivity index (χ0) is 17.9. The summed E-state index contributed by atoms with van der Waals surface area (Å²) in [6, 6.07) is 7.88. The van der Waals surface area contributed by atoms with Gasteiger partial charge in [0.05, 0.1) is 19.1 Å². The SMILES string of the molecule is COc1ccc(C(=O)Nc2c(C)cc(C)cc2[N+](=O)[O-])cc1OC. The number of ether oxygens (including phenoxy) is 2. The van der Waals surface area contributed by atoms with Gasteiger partial charge in [-0.3, -0.25) is 14.9 Å². The lowest BCUT2D eigenvalue weighted by Crippen LogP contribution is -2.14. The van der Waals surface area contributed by atoms with Crippen molar-refractivity contribution in [1.29, 1.82) is 0 Å². The molecule has 0 radical (unpaired) electrons. The van der Waals surface area contributed by atoms with Gasteiger partial charge in [0.15, 0.2) is 11.5 Å². The van der Waals surface area contributed by atoms with Gasteiger partial charge in [-0.2, -0.15) is 0 Å². The summed E-state index contributed by atoms with van der Waals surface area (Å²) in [7, 11) is 2.96. The number of benzene rings is 2. The standard InChI is InChI=1S/C17H18N2O5/c1-10-7-11(2)16(13(8-10)19(21)22)18-17(20)12-5-6-14(23-3)15(9-12)24-4/h5-9H,1-4H3,(H,18,20). The fourth-order valence-corrected chi connectivity index (χ4v) is 2.41. The summed E-state index contributed by atoms with van der Waals surface area (Å²) in [5, 5.41) is 13.9. The highest BCUT2D eigenvalue weighted by atomic mass is 16.6. The van der Waals surface area contributed by atoms with Gasteiger partial charge in [0.2, 0.25) is 0 Å². The lowest BCUT2D eigenvalue weighted by atomic mass is 10.1. The van der Waals surface area contributed by atoms with Gasteiger partial charge in [-0.25, -0.2) is 0 Å². The first-order valence-electron chi connectivity index (χ1n) is 7.16. The molecule has 0 saturated heterocycles. The molecule has 0 fully saturated rings. The molecule has 7 heteroatoms. The molecule has 0 atom stereocenters. The molecule has 0 bridgehead atoms. The van der Waals surface area contributed by atoms with Gasteiger partial charge < -0.3 is 14.8 Å². The predicted molar refractivity (Wildman–Crippen MR) is 90.1 cm³/mol. The third-order valence-electron chi connectivity index (χ3n) is 3.54. The number of nitrogens with one attached hydrogen (secondary N) is 1. The van der Waals surface area contributed by atoms with Crippen molar-refractivity contribution >= 4 is 17.3 Å². The largest absolute Gasteiger partial charge is 0.493 e. The summed E-state index contributed by atoms with van der Waals surface area (Å²) in [6.07, 6.45) is 0. The number of aryl methyl sites for hydroxylation is 2. The van der Waals surface area contributed by atoms with Crippen molar-refractivity contribution in [3.05, 3.63) is 57.1 Å². The Morgan fingerprint density at radius 1 is 1.08 bits per heavy atom. The van der Waals surface area contributed by atoms with E-state index in [1.807, 2.05) is 0 Å². The maximum Gasteiger partial charge on any atom is 0.293 e. The first-order chi connectivity index (χ1) is 11.4. The second-order valence-corrected chi connectivity index (χ2v) is 5.26. The first kappa shape index (κ1) is 17.3. The molecule has 0 spiro atoms. The maximum absolute atomic E-state index is 12.5. The predicted octanol–water partition coefficient (Wildman–Crippen LogP) is 3.48. The van der Waals surface area contributed by atoms with Crippen molar-refractivity contribution in [3.8, 4) is 11.5 Å². The molecule has 2 aromatic rings. The number of anilines is 1. The molecule has 1 N–H and O–H groups in total. The molecule has 0 unspecified atom stereocenters. The van der Waals surface area contributed by atoms with Gasteiger partial charge in [0.25, 0.3) is 11.6 Å². The highest BCUT2D eigenvalue weighted by Crippen LogP contribution is 2.31. The van der Waals surface area contributed by atoms with Gasteiger partial charge in [-0.05, 0) is 43.2 Å². The molecule has 0 aliphatic carbocycles. The molecular weight excluding hydrogens is 312 g/mol. The summed E-state index contributed by atoms with van der Waals surface area (Å²) in [4.78, 5) is 23.2. The van der Waals surface area contributed by atoms with E-state index in [2.05, 4.69) is 5.32 Å². The number of hydrogen-bond acceptors (Lipinski definition) is 5. The van der Waals surface area contributed by atoms with E-state index in [0.29, 0.717) is 22.6 Å². The summed E-state index contributed by atoms with van der Waals surface area (Å²) in [5.41, 5.74) is 1.73. The highest BCUT2D eigenvalue weighted by Gasteiger charge is 2.20. The lowest BCUT2D eigenvalue weighted by Gasteiger charge is -2.12. The smallest absolute Gasteiger partial charge is 0.293 e. The maximum atomic E-state index is 12.5. The summed E-state index contributed by atoms with van der Waals surface area (Å²) < 4.78 is 10.3. The topological polar surface area (TPSA) is 90.7 Å². The summed E-state index contributed by atoms with van der Waals surface area (Å²) >= 11 is 0. The van der Waals surface area contributed by atoms with Crippen LogP contribution in [0.4, 0.5) is 11.4 Å². The number of carbonyl (C=O) groups excluding carboxylic acids is 1. The van der Waals surface area contributed by atoms with E-state index in [9.17, 15) is 14.9 Å². The van der Waals surface area contributed by atoms with Crippen LogP contribution in [0.25, 0.3) is 0 Å². The van der Waals surface area contributed by atoms with Gasteiger partial charge >= 0.3 is 0 Å². The minimum atomic E-state index is -0.510. The second-order valence-electron chi connectivity index (χ2n) is 5.26. The van der Waals surface area contributed by atoms with Crippen LogP contribution in [0.1, 0.15) is 21.5 Å². The third kappa shape index (κ3) is 3.45. The fraction of sp³-hybridized carbons (Fsp3) is 0.235. The molecule has 0 aliphatic rings. The van der Waals surface area contributed by atoms with E-state index in [1.54, 1.807) is 32.0 Å². The molecule has 0 aromatic heterocycles. The Kier molecular flexibility index (Phi) is 5.03. The molecule has 2 aromatic carbocycles. The number of nitrogens with zero attached hydrogens (tertiary/aromatic N) is 1. The first-order valence-corrected chi connectivity index (χ1v) is 7.16. The quantitative estimate of drug-likeness (QED) is 0.669. The zero-order valence-electron chi connectivity index (χ0n) is 13.9. The number of hydrogen-bond donors (Lipinski definition) is 1. The van der Waals surface area contributed by atoms with E-state index in [0.717, 1.165) is 5.56 Å². The molecule has 126 valence electrons. The van der Waals surface area contributed by atoms with E-state index < -0.39 is 10.8 Å². The van der Waals surface area contributed by atoms with Crippen LogP contribution in [0.2, 0.25) is 0 Å². The minimum absolute atomic E-state index is 0.138. The molecule has 0 aliphatic heterocycles. The molecular formula is C17H18N2O5. The van der Waals surface area contributed by atoms with Crippen molar-refractivity contribution in [1.82, 2.24) is 0 Å². The Morgan fingerprint density at radius 3 is 2.33 bits per heavy atom. The number of nitro groups is 1. The van der Waals surface area contributed by atoms with Crippen LogP contribution in [0.3, 0.4) is 0 Å². The Balaban J connectivity index is 2.39. The van der Waals surface area contributed by atoms with Crippen molar-refractivity contribution in [2.24, 2.45) is 0 Å². The highest BCUT2D eigenvalue weighted by molar-refractivity contribution is 6.06. The van der Waals surface area contributed by atoms with Crippen molar-refractivity contribution in [2.75, 3.05) is 19.5 Å². The van der Waals surface area contributed by atoms with Crippen LogP contribution in [0, 0.1) is 24.0 Å². The average Bonchev–Trinajstić information content (AvgIpc) is 2.55. The summed E-state index contributed by atoms with van der Waals surface area (Å²) in [6.45, 7) is 3.48. The monoisotopic (exact) mass is 330 g/mol. The van der Waals surface area contributed by atoms with Crippen molar-refractivity contribution in [3.63, 3.8) is 0 Å². The normalized spacial score (nSPS) is 10.2. The van der Waals surface area contributed by atoms with E-state index in [1.165, 1.54) is 26.4 Å². The van der Waals surface area contributed by atoms with Crippen LogP contribution < -0.4 is 14.8 Å². The number of amides is 1. The third-order valence-corrected chi connectivity index (χ3v) is 3.54. The number of carbonyl (C=O) groups is 1. The zero-order valence-corrected chi connectivity index (χ0v) is 13.9.